The zero-order chi connectivity index (χ0) is 9.72. The Hall–Kier alpha value is -0.940. The van der Waals surface area contributed by atoms with E-state index in [1.54, 1.807) is 14.1 Å². The normalized spacial score (nSPS) is 15.7. The van der Waals surface area contributed by atoms with E-state index < -0.39 is 18.1 Å². The van der Waals surface area contributed by atoms with Gasteiger partial charge in [0.1, 0.15) is 12.3 Å². The van der Waals surface area contributed by atoms with Crippen LogP contribution in [0.2, 0.25) is 0 Å². The first-order valence-corrected chi connectivity index (χ1v) is 3.42. The lowest BCUT2D eigenvalue weighted by atomic mass is 10.1. The monoisotopic (exact) mass is 175 g/mol. The summed E-state index contributed by atoms with van der Waals surface area (Å²) in [5.41, 5.74) is 0. The maximum absolute atomic E-state index is 10.5. The lowest BCUT2D eigenvalue weighted by Crippen LogP contribution is -2.45. The van der Waals surface area contributed by atoms with Gasteiger partial charge in [0.05, 0.1) is 0 Å². The molecule has 0 amide bonds. The summed E-state index contributed by atoms with van der Waals surface area (Å²) in [6, 6.07) is -0.743. The molecule has 0 bridgehead atoms. The van der Waals surface area contributed by atoms with Crippen LogP contribution in [-0.4, -0.2) is 55.6 Å². The molecule has 0 aromatic rings. The summed E-state index contributed by atoms with van der Waals surface area (Å²) in [6.07, 6.45) is -0.542. The first kappa shape index (κ1) is 11.1. The number of hydrogen-bond acceptors (Lipinski definition) is 4. The molecule has 0 saturated heterocycles. The van der Waals surface area contributed by atoms with Crippen LogP contribution in [0, 0.1) is 0 Å². The molecule has 0 heterocycles. The number of ether oxygens (including phenoxy) is 1. The fourth-order valence-electron chi connectivity index (χ4n) is 0.850. The van der Waals surface area contributed by atoms with Crippen molar-refractivity contribution >= 4 is 12.3 Å². The van der Waals surface area contributed by atoms with Gasteiger partial charge < -0.3 is 14.6 Å². The Kier molecular flexibility index (Phi) is 4.46. The molecule has 0 aromatic carbocycles. The fourth-order valence-corrected chi connectivity index (χ4v) is 0.850. The molecule has 1 N–H and O–H groups in total. The highest BCUT2D eigenvalue weighted by molar-refractivity contribution is 5.79. The van der Waals surface area contributed by atoms with Crippen LogP contribution in [-0.2, 0) is 14.3 Å². The van der Waals surface area contributed by atoms with Crippen LogP contribution in [0.1, 0.15) is 0 Å². The summed E-state index contributed by atoms with van der Waals surface area (Å²) in [6.45, 7) is 0. The Morgan fingerprint density at radius 3 is 2.17 bits per heavy atom. The molecule has 12 heavy (non-hydrogen) atoms. The van der Waals surface area contributed by atoms with Crippen LogP contribution < -0.4 is 0 Å². The Balaban J connectivity index is 4.43. The van der Waals surface area contributed by atoms with Gasteiger partial charge in [-0.2, -0.15) is 0 Å². The maximum atomic E-state index is 10.5. The molecule has 0 aliphatic carbocycles. The molecule has 0 spiro atoms. The van der Waals surface area contributed by atoms with E-state index in [2.05, 4.69) is 4.74 Å². The second-order valence-electron chi connectivity index (χ2n) is 2.58. The van der Waals surface area contributed by atoms with Crippen molar-refractivity contribution in [3.05, 3.63) is 0 Å². The van der Waals surface area contributed by atoms with Gasteiger partial charge in [-0.25, -0.2) is 4.79 Å². The van der Waals surface area contributed by atoms with E-state index in [0.29, 0.717) is 6.29 Å². The van der Waals surface area contributed by atoms with E-state index in [9.17, 15) is 9.59 Å². The maximum Gasteiger partial charge on any atom is 0.334 e. The van der Waals surface area contributed by atoms with Crippen LogP contribution >= 0.6 is 0 Å². The molecular weight excluding hydrogens is 162 g/mol. The quantitative estimate of drug-likeness (QED) is 0.555. The minimum atomic E-state index is -1.14. The Labute approximate surface area is 70.9 Å². The summed E-state index contributed by atoms with van der Waals surface area (Å²) in [7, 11) is 4.50. The number of methoxy groups -OCH3 is 1. The van der Waals surface area contributed by atoms with Crippen molar-refractivity contribution in [1.29, 1.82) is 0 Å². The van der Waals surface area contributed by atoms with Crippen molar-refractivity contribution in [3.8, 4) is 0 Å². The number of aliphatic carboxylic acids is 1. The minimum absolute atomic E-state index is 0.558. The van der Waals surface area contributed by atoms with Crippen LogP contribution in [0.15, 0.2) is 0 Å². The molecular formula is C7H13NO4. The molecule has 0 aliphatic rings. The minimum Gasteiger partial charge on any atom is -0.479 e. The van der Waals surface area contributed by atoms with E-state index in [1.165, 1.54) is 12.0 Å². The average molecular weight is 175 g/mol. The fraction of sp³-hybridized carbons (Fsp3) is 0.714. The van der Waals surface area contributed by atoms with Gasteiger partial charge in [0.25, 0.3) is 0 Å². The van der Waals surface area contributed by atoms with Gasteiger partial charge in [-0.15, -0.1) is 0 Å². The number of aldehydes is 1. The second-order valence-corrected chi connectivity index (χ2v) is 2.58. The van der Waals surface area contributed by atoms with Gasteiger partial charge in [0.2, 0.25) is 0 Å². The molecule has 5 heteroatoms. The SMILES string of the molecule is COC(C(=O)O)C(C=O)N(C)C. The lowest BCUT2D eigenvalue weighted by Gasteiger charge is -2.23. The number of hydrogen-bond donors (Lipinski definition) is 1. The molecule has 0 saturated carbocycles. The van der Waals surface area contributed by atoms with E-state index >= 15 is 0 Å². The van der Waals surface area contributed by atoms with Crippen molar-refractivity contribution in [1.82, 2.24) is 4.90 Å². The molecule has 2 unspecified atom stereocenters. The molecule has 2 atom stereocenters. The molecule has 5 nitrogen and oxygen atoms in total. The first-order valence-electron chi connectivity index (χ1n) is 3.42. The topological polar surface area (TPSA) is 66.8 Å². The van der Waals surface area contributed by atoms with Gasteiger partial charge in [0.15, 0.2) is 6.10 Å². The number of likely N-dealkylation sites (N-methyl/N-ethyl adjacent to an activating group) is 1. The van der Waals surface area contributed by atoms with Crippen molar-refractivity contribution in [2.45, 2.75) is 12.1 Å². The number of carbonyl (C=O) groups is 2. The van der Waals surface area contributed by atoms with E-state index in [-0.39, 0.29) is 0 Å². The van der Waals surface area contributed by atoms with E-state index in [0.717, 1.165) is 0 Å². The van der Waals surface area contributed by atoms with Crippen LogP contribution in [0.5, 0.6) is 0 Å². The van der Waals surface area contributed by atoms with Gasteiger partial charge >= 0.3 is 5.97 Å². The van der Waals surface area contributed by atoms with Crippen molar-refractivity contribution in [2.24, 2.45) is 0 Å². The van der Waals surface area contributed by atoms with Crippen LogP contribution in [0.3, 0.4) is 0 Å². The van der Waals surface area contributed by atoms with Gasteiger partial charge in [-0.3, -0.25) is 4.90 Å². The highest BCUT2D eigenvalue weighted by Crippen LogP contribution is 2.01. The number of carbonyl (C=O) groups excluding carboxylic acids is 1. The summed E-state index contributed by atoms with van der Waals surface area (Å²) < 4.78 is 4.65. The smallest absolute Gasteiger partial charge is 0.334 e. The Bertz CT molecular complexity index is 169. The van der Waals surface area contributed by atoms with Crippen molar-refractivity contribution in [2.75, 3.05) is 21.2 Å². The third-order valence-corrected chi connectivity index (χ3v) is 1.54. The Morgan fingerprint density at radius 2 is 2.08 bits per heavy atom. The number of carboxylic acids is 1. The molecule has 0 radical (unpaired) electrons. The van der Waals surface area contributed by atoms with Crippen molar-refractivity contribution in [3.63, 3.8) is 0 Å². The predicted molar refractivity (Wildman–Crippen MR) is 42.0 cm³/mol. The van der Waals surface area contributed by atoms with Crippen molar-refractivity contribution < 1.29 is 19.4 Å². The summed E-state index contributed by atoms with van der Waals surface area (Å²) in [5, 5.41) is 8.61. The predicted octanol–water partition coefficient (Wildman–Crippen LogP) is -0.785. The van der Waals surface area contributed by atoms with Crippen LogP contribution in [0.25, 0.3) is 0 Å². The molecule has 0 fully saturated rings. The molecule has 0 aliphatic heterocycles. The largest absolute Gasteiger partial charge is 0.479 e. The zero-order valence-corrected chi connectivity index (χ0v) is 7.35. The molecule has 0 aromatic heterocycles. The van der Waals surface area contributed by atoms with Gasteiger partial charge in [-0.05, 0) is 14.1 Å². The number of rotatable bonds is 5. The Morgan fingerprint density at radius 1 is 1.58 bits per heavy atom. The van der Waals surface area contributed by atoms with Crippen LogP contribution in [0.4, 0.5) is 0 Å². The van der Waals surface area contributed by atoms with E-state index in [1.807, 2.05) is 0 Å². The molecule has 0 rings (SSSR count). The first-order chi connectivity index (χ1) is 5.54. The summed E-state index contributed by atoms with van der Waals surface area (Å²) in [5.74, 6) is -1.14. The van der Waals surface area contributed by atoms with E-state index in [4.69, 9.17) is 5.11 Å². The summed E-state index contributed by atoms with van der Waals surface area (Å²) in [4.78, 5) is 22.5. The second kappa shape index (κ2) is 4.84. The highest BCUT2D eigenvalue weighted by Gasteiger charge is 2.29. The van der Waals surface area contributed by atoms with Gasteiger partial charge in [-0.1, -0.05) is 0 Å². The summed E-state index contributed by atoms with van der Waals surface area (Å²) >= 11 is 0. The zero-order valence-electron chi connectivity index (χ0n) is 7.35. The highest BCUT2D eigenvalue weighted by atomic mass is 16.5. The average Bonchev–Trinajstić information content (AvgIpc) is 1.98. The van der Waals surface area contributed by atoms with Gasteiger partial charge in [0, 0.05) is 7.11 Å². The molecule has 70 valence electrons. The lowest BCUT2D eigenvalue weighted by molar-refractivity contribution is -0.153. The third-order valence-electron chi connectivity index (χ3n) is 1.54. The number of nitrogens with zero attached hydrogens (tertiary/aromatic N) is 1. The third kappa shape index (κ3) is 2.60. The number of carboxylic acid groups (broad SMARTS) is 1. The standard InChI is InChI=1S/C7H13NO4/c1-8(2)5(4-9)6(12-3)7(10)11/h4-6H,1-3H3,(H,10,11).